The van der Waals surface area contributed by atoms with Gasteiger partial charge in [-0.25, -0.2) is 9.97 Å². The van der Waals surface area contributed by atoms with E-state index in [2.05, 4.69) is 9.97 Å². The molecule has 0 saturated heterocycles. The molecule has 0 radical (unpaired) electrons. The minimum absolute atomic E-state index is 0.542. The molecule has 18 heavy (non-hydrogen) atoms. The molecule has 1 N–H and O–H groups in total. The van der Waals surface area contributed by atoms with Crippen molar-refractivity contribution in [2.75, 3.05) is 0 Å². The Morgan fingerprint density at radius 3 is 2.67 bits per heavy atom. The van der Waals surface area contributed by atoms with Crippen LogP contribution in [0.15, 0.2) is 30.5 Å². The van der Waals surface area contributed by atoms with Crippen molar-refractivity contribution < 1.29 is 5.11 Å². The number of nitrogens with zero attached hydrogens (tertiary/aromatic N) is 2. The smallest absolute Gasteiger partial charge is 0.132 e. The fourth-order valence-electron chi connectivity index (χ4n) is 1.83. The first-order valence-electron chi connectivity index (χ1n) is 5.82. The summed E-state index contributed by atoms with van der Waals surface area (Å²) >= 11 is 6.10. The van der Waals surface area contributed by atoms with Gasteiger partial charge in [-0.2, -0.15) is 0 Å². The summed E-state index contributed by atoms with van der Waals surface area (Å²) in [7, 11) is 0. The number of aliphatic hydroxyl groups is 1. The predicted molar refractivity (Wildman–Crippen MR) is 71.7 cm³/mol. The van der Waals surface area contributed by atoms with Gasteiger partial charge in [0.1, 0.15) is 5.82 Å². The Bertz CT molecular complexity index is 555. The van der Waals surface area contributed by atoms with E-state index in [1.165, 1.54) is 0 Å². The van der Waals surface area contributed by atoms with Crippen molar-refractivity contribution in [1.29, 1.82) is 0 Å². The topological polar surface area (TPSA) is 46.0 Å². The maximum atomic E-state index is 9.53. The molecule has 0 fully saturated rings. The molecule has 0 spiro atoms. The predicted octanol–water partition coefficient (Wildman–Crippen LogP) is 3.08. The highest BCUT2D eigenvalue weighted by atomic mass is 35.5. The quantitative estimate of drug-likeness (QED) is 0.925. The molecule has 1 heterocycles. The molecule has 0 aliphatic rings. The molecule has 1 aromatic heterocycles. The van der Waals surface area contributed by atoms with E-state index in [1.54, 1.807) is 13.1 Å². The molecule has 2 aromatic rings. The Kier molecular flexibility index (Phi) is 3.94. The van der Waals surface area contributed by atoms with E-state index in [0.717, 1.165) is 21.8 Å². The van der Waals surface area contributed by atoms with Crippen LogP contribution in [-0.2, 0) is 6.42 Å². The second-order valence-corrected chi connectivity index (χ2v) is 4.68. The Hall–Kier alpha value is -1.45. The Labute approximate surface area is 111 Å². The number of aliphatic hydroxyl groups excluding tert-OH is 1. The average Bonchev–Trinajstić information content (AvgIpc) is 2.32. The van der Waals surface area contributed by atoms with E-state index in [-0.39, 0.29) is 0 Å². The van der Waals surface area contributed by atoms with Crippen molar-refractivity contribution in [1.82, 2.24) is 9.97 Å². The Morgan fingerprint density at radius 1 is 1.33 bits per heavy atom. The van der Waals surface area contributed by atoms with Gasteiger partial charge in [-0.15, -0.1) is 0 Å². The zero-order valence-electron chi connectivity index (χ0n) is 10.4. The van der Waals surface area contributed by atoms with Crippen molar-refractivity contribution in [3.8, 4) is 0 Å². The van der Waals surface area contributed by atoms with E-state index in [1.807, 2.05) is 31.2 Å². The van der Waals surface area contributed by atoms with Crippen LogP contribution in [0.25, 0.3) is 0 Å². The summed E-state index contributed by atoms with van der Waals surface area (Å²) in [6, 6.07) is 7.66. The fraction of sp³-hybridized carbons (Fsp3) is 0.286. The first-order valence-corrected chi connectivity index (χ1v) is 6.19. The number of hydrogen-bond acceptors (Lipinski definition) is 3. The van der Waals surface area contributed by atoms with E-state index in [4.69, 9.17) is 11.6 Å². The third-order valence-corrected chi connectivity index (χ3v) is 3.19. The van der Waals surface area contributed by atoms with Crippen LogP contribution in [0.1, 0.15) is 35.7 Å². The van der Waals surface area contributed by atoms with Crippen LogP contribution in [-0.4, -0.2) is 15.1 Å². The molecule has 94 valence electrons. The molecule has 1 aromatic carbocycles. The second-order valence-electron chi connectivity index (χ2n) is 4.27. The molecule has 0 unspecified atom stereocenters. The summed E-state index contributed by atoms with van der Waals surface area (Å²) in [5.74, 6) is 0.713. The minimum atomic E-state index is -0.542. The number of hydrogen-bond donors (Lipinski definition) is 1. The lowest BCUT2D eigenvalue weighted by molar-refractivity contribution is 0.197. The molecule has 0 aliphatic heterocycles. The standard InChI is InChI=1S/C14H15ClN2O/c1-9-12(10(2)18)8-16-14(17-9)7-11-5-3-4-6-13(11)15/h3-6,8,10,18H,7H2,1-2H3/t10-/m0/s1. The highest BCUT2D eigenvalue weighted by Crippen LogP contribution is 2.19. The monoisotopic (exact) mass is 262 g/mol. The highest BCUT2D eigenvalue weighted by Gasteiger charge is 2.09. The van der Waals surface area contributed by atoms with Gasteiger partial charge in [-0.3, -0.25) is 0 Å². The van der Waals surface area contributed by atoms with Gasteiger partial charge in [0.05, 0.1) is 6.10 Å². The van der Waals surface area contributed by atoms with Crippen LogP contribution in [0.3, 0.4) is 0 Å². The van der Waals surface area contributed by atoms with Crippen LogP contribution in [0.2, 0.25) is 5.02 Å². The van der Waals surface area contributed by atoms with E-state index in [9.17, 15) is 5.11 Å². The molecule has 0 bridgehead atoms. The number of aromatic nitrogens is 2. The molecule has 2 rings (SSSR count). The maximum Gasteiger partial charge on any atom is 0.132 e. The molecule has 1 atom stereocenters. The van der Waals surface area contributed by atoms with Gasteiger partial charge in [0.25, 0.3) is 0 Å². The third kappa shape index (κ3) is 2.86. The lowest BCUT2D eigenvalue weighted by atomic mass is 10.1. The van der Waals surface area contributed by atoms with Crippen LogP contribution in [0.4, 0.5) is 0 Å². The third-order valence-electron chi connectivity index (χ3n) is 2.82. The highest BCUT2D eigenvalue weighted by molar-refractivity contribution is 6.31. The van der Waals surface area contributed by atoms with Gasteiger partial charge in [-0.1, -0.05) is 29.8 Å². The number of aryl methyl sites for hydroxylation is 1. The number of halogens is 1. The summed E-state index contributed by atoms with van der Waals surface area (Å²) in [6.45, 7) is 3.58. The number of benzene rings is 1. The molecule has 3 nitrogen and oxygen atoms in total. The van der Waals surface area contributed by atoms with Crippen molar-refractivity contribution in [3.05, 3.63) is 58.1 Å². The van der Waals surface area contributed by atoms with Gasteiger partial charge in [0, 0.05) is 28.9 Å². The van der Waals surface area contributed by atoms with Gasteiger partial charge in [0.15, 0.2) is 0 Å². The largest absolute Gasteiger partial charge is 0.389 e. The van der Waals surface area contributed by atoms with E-state index in [0.29, 0.717) is 12.2 Å². The summed E-state index contributed by atoms with van der Waals surface area (Å²) in [5.41, 5.74) is 2.57. The minimum Gasteiger partial charge on any atom is -0.389 e. The van der Waals surface area contributed by atoms with Crippen LogP contribution in [0, 0.1) is 6.92 Å². The van der Waals surface area contributed by atoms with Gasteiger partial charge in [-0.05, 0) is 25.5 Å². The molecular weight excluding hydrogens is 248 g/mol. The molecule has 4 heteroatoms. The van der Waals surface area contributed by atoms with Crippen LogP contribution >= 0.6 is 11.6 Å². The average molecular weight is 263 g/mol. The maximum absolute atomic E-state index is 9.53. The molecule has 0 aliphatic carbocycles. The Balaban J connectivity index is 2.26. The summed E-state index contributed by atoms with van der Waals surface area (Å²) < 4.78 is 0. The lowest BCUT2D eigenvalue weighted by Gasteiger charge is -2.09. The van der Waals surface area contributed by atoms with Crippen LogP contribution < -0.4 is 0 Å². The van der Waals surface area contributed by atoms with Crippen molar-refractivity contribution >= 4 is 11.6 Å². The summed E-state index contributed by atoms with van der Waals surface area (Å²) in [5, 5.41) is 10.2. The molecule has 0 saturated carbocycles. The number of rotatable bonds is 3. The zero-order valence-corrected chi connectivity index (χ0v) is 11.1. The van der Waals surface area contributed by atoms with Crippen molar-refractivity contribution in [3.63, 3.8) is 0 Å². The zero-order chi connectivity index (χ0) is 13.1. The second kappa shape index (κ2) is 5.46. The Morgan fingerprint density at radius 2 is 2.06 bits per heavy atom. The van der Waals surface area contributed by atoms with Gasteiger partial charge >= 0.3 is 0 Å². The van der Waals surface area contributed by atoms with Crippen molar-refractivity contribution in [2.45, 2.75) is 26.4 Å². The summed E-state index contributed by atoms with van der Waals surface area (Å²) in [6.07, 6.45) is 1.74. The molecule has 0 amide bonds. The first kappa shape index (κ1) is 13.0. The first-order chi connectivity index (χ1) is 8.58. The SMILES string of the molecule is Cc1nc(Cc2ccccc2Cl)ncc1[C@H](C)O. The summed E-state index contributed by atoms with van der Waals surface area (Å²) in [4.78, 5) is 8.67. The molecular formula is C14H15ClN2O. The normalized spacial score (nSPS) is 12.4. The lowest BCUT2D eigenvalue weighted by Crippen LogP contribution is -2.04. The van der Waals surface area contributed by atoms with Gasteiger partial charge in [0.2, 0.25) is 0 Å². The van der Waals surface area contributed by atoms with E-state index >= 15 is 0 Å². The van der Waals surface area contributed by atoms with Crippen molar-refractivity contribution in [2.24, 2.45) is 0 Å². The fourth-order valence-corrected chi connectivity index (χ4v) is 2.03. The van der Waals surface area contributed by atoms with E-state index < -0.39 is 6.10 Å². The van der Waals surface area contributed by atoms with Gasteiger partial charge < -0.3 is 5.11 Å². The van der Waals surface area contributed by atoms with Crippen LogP contribution in [0.5, 0.6) is 0 Å².